The second kappa shape index (κ2) is 6.22. The van der Waals surface area contributed by atoms with Crippen LogP contribution in [0.2, 0.25) is 0 Å². The molecule has 20 heavy (non-hydrogen) atoms. The Labute approximate surface area is 129 Å². The second-order valence-corrected chi connectivity index (χ2v) is 6.85. The Hall–Kier alpha value is -0.940. The molecule has 2 aliphatic rings. The molecule has 0 atom stereocenters. The lowest BCUT2D eigenvalue weighted by molar-refractivity contribution is 0.226. The van der Waals surface area contributed by atoms with Crippen molar-refractivity contribution < 1.29 is 0 Å². The van der Waals surface area contributed by atoms with E-state index in [4.69, 9.17) is 0 Å². The van der Waals surface area contributed by atoms with Gasteiger partial charge in [0, 0.05) is 42.4 Å². The Bertz CT molecular complexity index is 452. The predicted molar refractivity (Wildman–Crippen MR) is 85.1 cm³/mol. The second-order valence-electron chi connectivity index (χ2n) is 5.73. The lowest BCUT2D eigenvalue weighted by Crippen LogP contribution is -2.46. The van der Waals surface area contributed by atoms with E-state index in [1.165, 1.54) is 25.7 Å². The van der Waals surface area contributed by atoms with Gasteiger partial charge in [-0.3, -0.25) is 4.90 Å². The van der Waals surface area contributed by atoms with Gasteiger partial charge in [0.25, 0.3) is 0 Å². The smallest absolute Gasteiger partial charge is 0.132 e. The van der Waals surface area contributed by atoms with Gasteiger partial charge in [0.1, 0.15) is 12.1 Å². The molecule has 0 radical (unpaired) electrons. The van der Waals surface area contributed by atoms with Crippen molar-refractivity contribution in [1.82, 2.24) is 14.9 Å². The highest BCUT2D eigenvalue weighted by Gasteiger charge is 2.36. The zero-order chi connectivity index (χ0) is 13.9. The molecule has 0 bridgehead atoms. The Morgan fingerprint density at radius 1 is 1.30 bits per heavy atom. The summed E-state index contributed by atoms with van der Waals surface area (Å²) in [6, 6.07) is 3.37. The minimum atomic E-state index is 0.622. The third-order valence-electron chi connectivity index (χ3n) is 4.12. The van der Waals surface area contributed by atoms with E-state index >= 15 is 0 Å². The van der Waals surface area contributed by atoms with Crippen LogP contribution in [0, 0.1) is 0 Å². The molecule has 5 heteroatoms. The van der Waals surface area contributed by atoms with Crippen LogP contribution in [0.4, 0.5) is 5.82 Å². The summed E-state index contributed by atoms with van der Waals surface area (Å²) in [5, 5.41) is 0. The first kappa shape index (κ1) is 14.0. The van der Waals surface area contributed by atoms with Crippen molar-refractivity contribution in [3.8, 4) is 0 Å². The summed E-state index contributed by atoms with van der Waals surface area (Å²) in [7, 11) is 0. The van der Waals surface area contributed by atoms with Crippen LogP contribution < -0.4 is 4.90 Å². The molecule has 2 fully saturated rings. The highest BCUT2D eigenvalue weighted by molar-refractivity contribution is 9.11. The lowest BCUT2D eigenvalue weighted by atomic mass is 10.0. The molecule has 1 aromatic rings. The summed E-state index contributed by atoms with van der Waals surface area (Å²) in [5.41, 5.74) is 0. The molecular formula is C15H21BrN4. The number of hydrogen-bond acceptors (Lipinski definition) is 4. The highest BCUT2D eigenvalue weighted by atomic mass is 79.9. The van der Waals surface area contributed by atoms with Gasteiger partial charge in [-0.25, -0.2) is 9.97 Å². The van der Waals surface area contributed by atoms with E-state index < -0.39 is 0 Å². The molecule has 0 aromatic carbocycles. The van der Waals surface area contributed by atoms with Crippen LogP contribution in [0.15, 0.2) is 29.7 Å². The van der Waals surface area contributed by atoms with Gasteiger partial charge < -0.3 is 4.90 Å². The highest BCUT2D eigenvalue weighted by Crippen LogP contribution is 2.35. The van der Waals surface area contributed by atoms with Crippen molar-refractivity contribution in [2.24, 2.45) is 0 Å². The third kappa shape index (κ3) is 3.38. The molecule has 0 spiro atoms. The molecule has 0 amide bonds. The predicted octanol–water partition coefficient (Wildman–Crippen LogP) is 2.82. The van der Waals surface area contributed by atoms with Crippen LogP contribution in [-0.2, 0) is 0 Å². The van der Waals surface area contributed by atoms with Crippen LogP contribution in [-0.4, -0.2) is 46.6 Å². The van der Waals surface area contributed by atoms with Crippen molar-refractivity contribution in [3.05, 3.63) is 29.7 Å². The largest absolute Gasteiger partial charge is 0.350 e. The molecule has 3 rings (SSSR count). The maximum absolute atomic E-state index is 4.46. The first-order valence-corrected chi connectivity index (χ1v) is 8.13. The molecule has 2 heterocycles. The molecule has 1 saturated carbocycles. The molecule has 1 aliphatic heterocycles. The SMILES string of the molecule is C=C(Br)CN1CCC(N(c2ccncn2)C2CC2)CC1. The van der Waals surface area contributed by atoms with Gasteiger partial charge in [-0.1, -0.05) is 22.5 Å². The zero-order valence-corrected chi connectivity index (χ0v) is 13.3. The van der Waals surface area contributed by atoms with Crippen molar-refractivity contribution in [2.45, 2.75) is 37.8 Å². The molecule has 4 nitrogen and oxygen atoms in total. The van der Waals surface area contributed by atoms with Gasteiger partial charge in [0.05, 0.1) is 0 Å². The van der Waals surface area contributed by atoms with E-state index in [0.29, 0.717) is 12.1 Å². The summed E-state index contributed by atoms with van der Waals surface area (Å²) in [5.74, 6) is 1.10. The van der Waals surface area contributed by atoms with E-state index in [-0.39, 0.29) is 0 Å². The van der Waals surface area contributed by atoms with Gasteiger partial charge in [0.15, 0.2) is 0 Å². The number of piperidine rings is 1. The summed E-state index contributed by atoms with van der Waals surface area (Å²) < 4.78 is 1.07. The Morgan fingerprint density at radius 2 is 2.00 bits per heavy atom. The minimum Gasteiger partial charge on any atom is -0.350 e. The molecule has 108 valence electrons. The maximum atomic E-state index is 4.46. The number of hydrogen-bond donors (Lipinski definition) is 0. The fourth-order valence-corrected chi connectivity index (χ4v) is 3.41. The topological polar surface area (TPSA) is 32.3 Å². The lowest BCUT2D eigenvalue weighted by Gasteiger charge is -2.39. The van der Waals surface area contributed by atoms with E-state index in [0.717, 1.165) is 29.9 Å². The average Bonchev–Trinajstić information content (AvgIpc) is 3.26. The van der Waals surface area contributed by atoms with Crippen LogP contribution in [0.25, 0.3) is 0 Å². The molecule has 1 aromatic heterocycles. The van der Waals surface area contributed by atoms with Gasteiger partial charge in [-0.15, -0.1) is 0 Å². The fraction of sp³-hybridized carbons (Fsp3) is 0.600. The Balaban J connectivity index is 1.64. The number of rotatable bonds is 5. The maximum Gasteiger partial charge on any atom is 0.132 e. The number of halogens is 1. The first-order valence-electron chi connectivity index (χ1n) is 7.34. The van der Waals surface area contributed by atoms with E-state index in [1.54, 1.807) is 6.33 Å². The summed E-state index contributed by atoms with van der Waals surface area (Å²) >= 11 is 3.46. The number of nitrogens with zero attached hydrogens (tertiary/aromatic N) is 4. The quantitative estimate of drug-likeness (QED) is 0.827. The Kier molecular flexibility index (Phi) is 4.36. The van der Waals surface area contributed by atoms with Crippen LogP contribution >= 0.6 is 15.9 Å². The molecule has 0 unspecified atom stereocenters. The summed E-state index contributed by atoms with van der Waals surface area (Å²) in [4.78, 5) is 13.5. The first-order chi connectivity index (χ1) is 9.74. The van der Waals surface area contributed by atoms with Crippen molar-refractivity contribution >= 4 is 21.7 Å². The Morgan fingerprint density at radius 3 is 2.55 bits per heavy atom. The monoisotopic (exact) mass is 336 g/mol. The van der Waals surface area contributed by atoms with Crippen molar-refractivity contribution in [2.75, 3.05) is 24.5 Å². The average molecular weight is 337 g/mol. The van der Waals surface area contributed by atoms with Crippen molar-refractivity contribution in [1.29, 1.82) is 0 Å². The number of likely N-dealkylation sites (tertiary alicyclic amines) is 1. The van der Waals surface area contributed by atoms with Crippen molar-refractivity contribution in [3.63, 3.8) is 0 Å². The van der Waals surface area contributed by atoms with Gasteiger partial charge in [-0.05, 0) is 31.7 Å². The summed E-state index contributed by atoms with van der Waals surface area (Å²) in [6.45, 7) is 7.18. The minimum absolute atomic E-state index is 0.622. The molecule has 1 aliphatic carbocycles. The summed E-state index contributed by atoms with van der Waals surface area (Å²) in [6.07, 6.45) is 8.54. The number of aromatic nitrogens is 2. The van der Waals surface area contributed by atoms with E-state index in [1.807, 2.05) is 12.3 Å². The molecule has 1 saturated heterocycles. The van der Waals surface area contributed by atoms with Crippen LogP contribution in [0.3, 0.4) is 0 Å². The zero-order valence-electron chi connectivity index (χ0n) is 11.7. The van der Waals surface area contributed by atoms with Gasteiger partial charge in [0.2, 0.25) is 0 Å². The van der Waals surface area contributed by atoms with E-state index in [9.17, 15) is 0 Å². The standard InChI is InChI=1S/C15H21BrN4/c1-12(16)10-19-8-5-14(6-9-19)20(13-2-3-13)15-4-7-17-11-18-15/h4,7,11,13-14H,1-3,5-6,8-10H2. The van der Waals surface area contributed by atoms with Gasteiger partial charge >= 0.3 is 0 Å². The number of anilines is 1. The van der Waals surface area contributed by atoms with E-state index in [2.05, 4.69) is 42.3 Å². The van der Waals surface area contributed by atoms with Crippen LogP contribution in [0.1, 0.15) is 25.7 Å². The molecular weight excluding hydrogens is 316 g/mol. The third-order valence-corrected chi connectivity index (χ3v) is 4.37. The van der Waals surface area contributed by atoms with Gasteiger partial charge in [-0.2, -0.15) is 0 Å². The normalized spacial score (nSPS) is 20.9. The van der Waals surface area contributed by atoms with Crippen LogP contribution in [0.5, 0.6) is 0 Å². The molecule has 0 N–H and O–H groups in total. The fourth-order valence-electron chi connectivity index (χ4n) is 3.06.